The fraction of sp³-hybridized carbons (Fsp3) is 0.545. The van der Waals surface area contributed by atoms with E-state index in [1.54, 1.807) is 31.3 Å². The summed E-state index contributed by atoms with van der Waals surface area (Å²) >= 11 is 0. The van der Waals surface area contributed by atoms with Gasteiger partial charge in [0.15, 0.2) is 0 Å². The van der Waals surface area contributed by atoms with E-state index in [-0.39, 0.29) is 29.2 Å². The van der Waals surface area contributed by atoms with Gasteiger partial charge in [-0.05, 0) is 39.3 Å². The molecule has 2 aliphatic rings. The number of ether oxygens (including phenoxy) is 1. The lowest BCUT2D eigenvalue weighted by atomic mass is 9.74. The fourth-order valence-corrected chi connectivity index (χ4v) is 6.84. The van der Waals surface area contributed by atoms with E-state index in [2.05, 4.69) is 0 Å². The van der Waals surface area contributed by atoms with Crippen molar-refractivity contribution in [2.24, 2.45) is 20.0 Å². The zero-order valence-corrected chi connectivity index (χ0v) is 19.6. The number of rotatable bonds is 3. The van der Waals surface area contributed by atoms with Gasteiger partial charge >= 0.3 is 5.69 Å². The molecule has 0 N–H and O–H groups in total. The second-order valence-corrected chi connectivity index (χ2v) is 11.0. The Morgan fingerprint density at radius 1 is 1.10 bits per heavy atom. The molecule has 0 aliphatic carbocycles. The Balaban J connectivity index is 1.92. The van der Waals surface area contributed by atoms with Gasteiger partial charge in [-0.1, -0.05) is 24.6 Å². The molecular formula is C22H29N3O5S. The number of aromatic nitrogens is 2. The average Bonchev–Trinajstić information content (AvgIpc) is 3.12. The summed E-state index contributed by atoms with van der Waals surface area (Å²) < 4.78 is 37.3. The lowest BCUT2D eigenvalue weighted by Gasteiger charge is -2.42. The van der Waals surface area contributed by atoms with Crippen LogP contribution in [0.3, 0.4) is 0 Å². The predicted octanol–water partition coefficient (Wildman–Crippen LogP) is 1.75. The Hall–Kier alpha value is -2.39. The highest BCUT2D eigenvalue weighted by Gasteiger charge is 2.57. The van der Waals surface area contributed by atoms with E-state index in [1.807, 2.05) is 27.7 Å². The average molecular weight is 448 g/mol. The van der Waals surface area contributed by atoms with Crippen LogP contribution in [0.2, 0.25) is 0 Å². The van der Waals surface area contributed by atoms with Crippen LogP contribution in [0.1, 0.15) is 44.2 Å². The van der Waals surface area contributed by atoms with E-state index in [9.17, 15) is 18.0 Å². The van der Waals surface area contributed by atoms with Crippen molar-refractivity contribution in [2.45, 2.75) is 56.6 Å². The topological polar surface area (TPSA) is 90.6 Å². The molecule has 0 saturated carbocycles. The largest absolute Gasteiger partial charge is 0.472 e. The van der Waals surface area contributed by atoms with Crippen LogP contribution in [0.4, 0.5) is 0 Å². The molecule has 0 unspecified atom stereocenters. The minimum Gasteiger partial charge on any atom is -0.472 e. The fourth-order valence-electron chi connectivity index (χ4n) is 5.10. The summed E-state index contributed by atoms with van der Waals surface area (Å²) in [5.74, 6) is -0.350. The van der Waals surface area contributed by atoms with Crippen LogP contribution in [-0.4, -0.2) is 40.0 Å². The zero-order valence-electron chi connectivity index (χ0n) is 18.7. The molecule has 0 amide bonds. The molecule has 1 aromatic heterocycles. The minimum absolute atomic E-state index is 0.227. The second-order valence-electron chi connectivity index (χ2n) is 9.13. The molecule has 0 bridgehead atoms. The molecule has 168 valence electrons. The first kappa shape index (κ1) is 21.8. The maximum absolute atomic E-state index is 13.6. The van der Waals surface area contributed by atoms with E-state index < -0.39 is 32.9 Å². The van der Waals surface area contributed by atoms with Gasteiger partial charge in [0.05, 0.1) is 10.5 Å². The van der Waals surface area contributed by atoms with E-state index in [0.29, 0.717) is 12.0 Å². The molecule has 1 aromatic carbocycles. The van der Waals surface area contributed by atoms with Crippen molar-refractivity contribution in [3.8, 4) is 5.88 Å². The highest BCUT2D eigenvalue weighted by molar-refractivity contribution is 7.89. The highest BCUT2D eigenvalue weighted by atomic mass is 32.2. The molecule has 2 aliphatic heterocycles. The smallest absolute Gasteiger partial charge is 0.333 e. The van der Waals surface area contributed by atoms with E-state index in [0.717, 1.165) is 10.1 Å². The lowest BCUT2D eigenvalue weighted by Crippen LogP contribution is -2.51. The highest BCUT2D eigenvalue weighted by Crippen LogP contribution is 2.51. The van der Waals surface area contributed by atoms with Gasteiger partial charge in [-0.2, -0.15) is 4.31 Å². The van der Waals surface area contributed by atoms with Crippen molar-refractivity contribution in [1.82, 2.24) is 13.4 Å². The maximum Gasteiger partial charge on any atom is 0.333 e. The third-order valence-corrected chi connectivity index (χ3v) is 8.78. The third-order valence-electron chi connectivity index (χ3n) is 6.87. The van der Waals surface area contributed by atoms with Crippen LogP contribution in [-0.2, 0) is 24.1 Å². The number of sulfonamides is 1. The number of aryl methyl sites for hydroxylation is 1. The number of hydrogen-bond acceptors (Lipinski definition) is 5. The first-order valence-corrected chi connectivity index (χ1v) is 11.9. The number of benzene rings is 1. The Morgan fingerprint density at radius 2 is 1.71 bits per heavy atom. The van der Waals surface area contributed by atoms with Crippen LogP contribution in [0.25, 0.3) is 0 Å². The summed E-state index contributed by atoms with van der Waals surface area (Å²) in [5.41, 5.74) is -0.264. The monoisotopic (exact) mass is 447 g/mol. The molecule has 3 atom stereocenters. The predicted molar refractivity (Wildman–Crippen MR) is 117 cm³/mol. The van der Waals surface area contributed by atoms with Crippen molar-refractivity contribution >= 4 is 10.0 Å². The molecule has 1 fully saturated rings. The molecule has 3 heterocycles. The van der Waals surface area contributed by atoms with Crippen LogP contribution in [0.5, 0.6) is 5.88 Å². The molecule has 2 aromatic rings. The quantitative estimate of drug-likeness (QED) is 0.715. The van der Waals surface area contributed by atoms with Gasteiger partial charge in [-0.3, -0.25) is 13.9 Å². The van der Waals surface area contributed by atoms with Crippen molar-refractivity contribution in [3.05, 3.63) is 56.2 Å². The molecular weight excluding hydrogens is 418 g/mol. The molecule has 1 saturated heterocycles. The Labute approximate surface area is 182 Å². The molecule has 0 spiro atoms. The zero-order chi connectivity index (χ0) is 22.9. The Bertz CT molecular complexity index is 1260. The van der Waals surface area contributed by atoms with Crippen LogP contribution in [0, 0.1) is 12.8 Å². The van der Waals surface area contributed by atoms with Gasteiger partial charge in [0, 0.05) is 38.5 Å². The Morgan fingerprint density at radius 3 is 2.29 bits per heavy atom. The van der Waals surface area contributed by atoms with Gasteiger partial charge < -0.3 is 4.74 Å². The summed E-state index contributed by atoms with van der Waals surface area (Å²) in [6.07, 6.45) is 0.535. The van der Waals surface area contributed by atoms with Gasteiger partial charge in [0.1, 0.15) is 5.60 Å². The van der Waals surface area contributed by atoms with Crippen molar-refractivity contribution < 1.29 is 13.2 Å². The van der Waals surface area contributed by atoms with E-state index in [4.69, 9.17) is 4.74 Å². The minimum atomic E-state index is -3.77. The van der Waals surface area contributed by atoms with E-state index >= 15 is 0 Å². The molecule has 31 heavy (non-hydrogen) atoms. The summed E-state index contributed by atoms with van der Waals surface area (Å²) in [5, 5.41) is 0. The van der Waals surface area contributed by atoms with Crippen molar-refractivity contribution in [2.75, 3.05) is 6.54 Å². The lowest BCUT2D eigenvalue weighted by molar-refractivity contribution is 0.0126. The maximum atomic E-state index is 13.6. The van der Waals surface area contributed by atoms with Crippen molar-refractivity contribution in [1.29, 1.82) is 0 Å². The Kier molecular flexibility index (Phi) is 4.97. The summed E-state index contributed by atoms with van der Waals surface area (Å²) in [6.45, 7) is 7.87. The van der Waals surface area contributed by atoms with Crippen LogP contribution >= 0.6 is 0 Å². The molecule has 8 nitrogen and oxygen atoms in total. The third kappa shape index (κ3) is 3.09. The van der Waals surface area contributed by atoms with Gasteiger partial charge in [0.2, 0.25) is 15.9 Å². The summed E-state index contributed by atoms with van der Waals surface area (Å²) in [4.78, 5) is 25.9. The van der Waals surface area contributed by atoms with Crippen LogP contribution < -0.4 is 16.0 Å². The normalized spacial score (nSPS) is 25.0. The van der Waals surface area contributed by atoms with Gasteiger partial charge in [-0.25, -0.2) is 13.2 Å². The van der Waals surface area contributed by atoms with Gasteiger partial charge in [-0.15, -0.1) is 0 Å². The van der Waals surface area contributed by atoms with E-state index in [1.165, 1.54) is 15.9 Å². The molecule has 0 radical (unpaired) electrons. The number of fused-ring (bicyclic) bond motifs is 3. The first-order valence-electron chi connectivity index (χ1n) is 10.5. The first-order chi connectivity index (χ1) is 14.4. The standard InChI is InChI=1S/C22H29N3O5S/c1-7-16-17-15(12-25(16)31(28,29)14-10-8-13(2)9-11-14)22(3,4)30-20-18(17)19(26)23(5)21(27)24(20)6/h8-11,15-17H,7,12H2,1-6H3/t15-,16-,17+/m0/s1. The number of hydrogen-bond donors (Lipinski definition) is 0. The molecule has 9 heteroatoms. The summed E-state index contributed by atoms with van der Waals surface area (Å²) in [7, 11) is -0.751. The number of nitrogens with zero attached hydrogens (tertiary/aromatic N) is 3. The van der Waals surface area contributed by atoms with Crippen LogP contribution in [0.15, 0.2) is 38.8 Å². The molecule has 4 rings (SSSR count). The SMILES string of the molecule is CC[C@H]1[C@@H]2c3c(n(C)c(=O)n(C)c3=O)OC(C)(C)[C@H]2CN1S(=O)(=O)c1ccc(C)cc1. The van der Waals surface area contributed by atoms with Gasteiger partial charge in [0.25, 0.3) is 5.56 Å². The second kappa shape index (κ2) is 7.06. The summed E-state index contributed by atoms with van der Waals surface area (Å²) in [6, 6.07) is 6.40. The van der Waals surface area contributed by atoms with Crippen molar-refractivity contribution in [3.63, 3.8) is 0 Å².